The van der Waals surface area contributed by atoms with Crippen LogP contribution in [0.2, 0.25) is 0 Å². The molecular formula is C12H13Br2NO3. The Morgan fingerprint density at radius 3 is 2.67 bits per heavy atom. The molecule has 0 aliphatic heterocycles. The van der Waals surface area contributed by atoms with Crippen LogP contribution in [-0.2, 0) is 4.79 Å². The van der Waals surface area contributed by atoms with Crippen LogP contribution < -0.4 is 5.32 Å². The van der Waals surface area contributed by atoms with Crippen molar-refractivity contribution in [3.8, 4) is 0 Å². The second-order valence-electron chi connectivity index (χ2n) is 4.04. The van der Waals surface area contributed by atoms with Gasteiger partial charge in [-0.2, -0.15) is 0 Å². The Bertz CT molecular complexity index is 463. The number of hydrogen-bond donors (Lipinski definition) is 2. The van der Waals surface area contributed by atoms with Gasteiger partial charge >= 0.3 is 5.97 Å². The van der Waals surface area contributed by atoms with Gasteiger partial charge < -0.3 is 10.4 Å². The Hall–Kier alpha value is -0.880. The molecule has 1 amide bonds. The molecule has 0 saturated carbocycles. The molecule has 0 radical (unpaired) electrons. The first-order valence-electron chi connectivity index (χ1n) is 5.35. The van der Waals surface area contributed by atoms with E-state index in [0.717, 1.165) is 4.47 Å². The minimum absolute atomic E-state index is 0.0416. The molecule has 1 rings (SSSR count). The van der Waals surface area contributed by atoms with E-state index in [1.165, 1.54) is 0 Å². The van der Waals surface area contributed by atoms with Gasteiger partial charge in [-0.05, 0) is 40.0 Å². The number of benzene rings is 1. The number of carboxylic acids is 1. The van der Waals surface area contributed by atoms with Crippen LogP contribution in [-0.4, -0.2) is 23.5 Å². The maximum atomic E-state index is 11.9. The summed E-state index contributed by atoms with van der Waals surface area (Å²) in [5, 5.41) is 11.3. The Labute approximate surface area is 122 Å². The highest BCUT2D eigenvalue weighted by Gasteiger charge is 2.13. The number of nitrogens with one attached hydrogen (secondary N) is 1. The fourth-order valence-corrected chi connectivity index (χ4v) is 2.19. The minimum Gasteiger partial charge on any atom is -0.481 e. The van der Waals surface area contributed by atoms with E-state index < -0.39 is 5.97 Å². The number of carboxylic acid groups (broad SMARTS) is 1. The van der Waals surface area contributed by atoms with Crippen LogP contribution in [0.1, 0.15) is 23.7 Å². The van der Waals surface area contributed by atoms with Crippen molar-refractivity contribution in [2.45, 2.75) is 13.3 Å². The summed E-state index contributed by atoms with van der Waals surface area (Å²) >= 11 is 6.60. The van der Waals surface area contributed by atoms with Gasteiger partial charge in [0.25, 0.3) is 5.91 Å². The van der Waals surface area contributed by atoms with Crippen molar-refractivity contribution in [2.24, 2.45) is 5.92 Å². The van der Waals surface area contributed by atoms with Crippen LogP contribution in [0.5, 0.6) is 0 Å². The highest BCUT2D eigenvalue weighted by molar-refractivity contribution is 9.11. The molecule has 98 valence electrons. The molecule has 1 aromatic carbocycles. The molecule has 0 heterocycles. The second-order valence-corrected chi connectivity index (χ2v) is 5.81. The summed E-state index contributed by atoms with van der Waals surface area (Å²) in [6.45, 7) is 2.12. The molecule has 0 spiro atoms. The van der Waals surface area contributed by atoms with Gasteiger partial charge in [-0.3, -0.25) is 9.59 Å². The quantitative estimate of drug-likeness (QED) is 0.827. The normalized spacial score (nSPS) is 11.9. The minimum atomic E-state index is -0.861. The lowest BCUT2D eigenvalue weighted by atomic mass is 10.1. The lowest BCUT2D eigenvalue weighted by Gasteiger charge is -2.11. The molecule has 0 fully saturated rings. The zero-order valence-electron chi connectivity index (χ0n) is 9.74. The van der Waals surface area contributed by atoms with Crippen molar-refractivity contribution in [1.82, 2.24) is 5.32 Å². The topological polar surface area (TPSA) is 66.4 Å². The summed E-state index contributed by atoms with van der Waals surface area (Å²) in [6, 6.07) is 5.31. The van der Waals surface area contributed by atoms with Gasteiger partial charge in [-0.15, -0.1) is 0 Å². The SMILES string of the molecule is CC(CNC(=O)c1cc(Br)ccc1Br)CC(=O)O. The number of carbonyl (C=O) groups is 2. The highest BCUT2D eigenvalue weighted by Crippen LogP contribution is 2.21. The molecule has 2 N–H and O–H groups in total. The smallest absolute Gasteiger partial charge is 0.303 e. The Kier molecular flexibility index (Phi) is 5.81. The highest BCUT2D eigenvalue weighted by atomic mass is 79.9. The molecule has 0 aromatic heterocycles. The number of hydrogen-bond acceptors (Lipinski definition) is 2. The van der Waals surface area contributed by atoms with Crippen LogP contribution >= 0.6 is 31.9 Å². The third-order valence-electron chi connectivity index (χ3n) is 2.31. The van der Waals surface area contributed by atoms with Crippen molar-refractivity contribution < 1.29 is 14.7 Å². The van der Waals surface area contributed by atoms with E-state index in [1.807, 2.05) is 6.07 Å². The van der Waals surface area contributed by atoms with Gasteiger partial charge in [0.2, 0.25) is 0 Å². The first kappa shape index (κ1) is 15.2. The van der Waals surface area contributed by atoms with Gasteiger partial charge in [0.05, 0.1) is 5.56 Å². The molecule has 1 aromatic rings. The summed E-state index contributed by atoms with van der Waals surface area (Å²) in [6.07, 6.45) is 0.0416. The lowest BCUT2D eigenvalue weighted by molar-refractivity contribution is -0.137. The fraction of sp³-hybridized carbons (Fsp3) is 0.333. The molecule has 18 heavy (non-hydrogen) atoms. The Morgan fingerprint density at radius 1 is 1.39 bits per heavy atom. The molecule has 1 atom stereocenters. The molecule has 4 nitrogen and oxygen atoms in total. The van der Waals surface area contributed by atoms with Crippen LogP contribution in [0.3, 0.4) is 0 Å². The molecule has 0 aliphatic rings. The number of aliphatic carboxylic acids is 1. The number of rotatable bonds is 5. The van der Waals surface area contributed by atoms with E-state index in [1.54, 1.807) is 19.1 Å². The molecule has 0 aliphatic carbocycles. The van der Waals surface area contributed by atoms with Crippen molar-refractivity contribution >= 4 is 43.7 Å². The van der Waals surface area contributed by atoms with E-state index in [0.29, 0.717) is 16.6 Å². The standard InChI is InChI=1S/C12H13Br2NO3/c1-7(4-11(16)17)6-15-12(18)9-5-8(13)2-3-10(9)14/h2-3,5,7H,4,6H2,1H3,(H,15,18)(H,16,17). The first-order chi connectivity index (χ1) is 8.40. The van der Waals surface area contributed by atoms with Crippen LogP contribution in [0, 0.1) is 5.92 Å². The van der Waals surface area contributed by atoms with Crippen LogP contribution in [0.15, 0.2) is 27.1 Å². The predicted molar refractivity (Wildman–Crippen MR) is 75.6 cm³/mol. The first-order valence-corrected chi connectivity index (χ1v) is 6.93. The average molecular weight is 379 g/mol. The monoisotopic (exact) mass is 377 g/mol. The molecular weight excluding hydrogens is 366 g/mol. The van der Waals surface area contributed by atoms with Crippen molar-refractivity contribution in [3.05, 3.63) is 32.7 Å². The molecule has 0 saturated heterocycles. The largest absolute Gasteiger partial charge is 0.481 e. The fourth-order valence-electron chi connectivity index (χ4n) is 1.40. The zero-order chi connectivity index (χ0) is 13.7. The van der Waals surface area contributed by atoms with Crippen LogP contribution in [0.25, 0.3) is 0 Å². The summed E-state index contributed by atoms with van der Waals surface area (Å²) in [5.74, 6) is -1.18. The summed E-state index contributed by atoms with van der Waals surface area (Å²) < 4.78 is 1.52. The third-order valence-corrected chi connectivity index (χ3v) is 3.49. The van der Waals surface area contributed by atoms with E-state index in [-0.39, 0.29) is 18.2 Å². The molecule has 0 bridgehead atoms. The summed E-state index contributed by atoms with van der Waals surface area (Å²) in [4.78, 5) is 22.4. The predicted octanol–water partition coefficient (Wildman–Crippen LogP) is 3.05. The van der Waals surface area contributed by atoms with Crippen molar-refractivity contribution in [1.29, 1.82) is 0 Å². The maximum absolute atomic E-state index is 11.9. The van der Waals surface area contributed by atoms with Gasteiger partial charge in [0.1, 0.15) is 0 Å². The average Bonchev–Trinajstić information content (AvgIpc) is 2.28. The van der Waals surface area contributed by atoms with Gasteiger partial charge in [0, 0.05) is 21.9 Å². The van der Waals surface area contributed by atoms with Gasteiger partial charge in [-0.1, -0.05) is 22.9 Å². The zero-order valence-corrected chi connectivity index (χ0v) is 12.9. The van der Waals surface area contributed by atoms with E-state index in [9.17, 15) is 9.59 Å². The molecule has 6 heteroatoms. The van der Waals surface area contributed by atoms with Crippen molar-refractivity contribution in [3.63, 3.8) is 0 Å². The summed E-state index contributed by atoms with van der Waals surface area (Å²) in [7, 11) is 0. The number of halogens is 2. The van der Waals surface area contributed by atoms with E-state index >= 15 is 0 Å². The number of carbonyl (C=O) groups excluding carboxylic acids is 1. The van der Waals surface area contributed by atoms with E-state index in [4.69, 9.17) is 5.11 Å². The second kappa shape index (κ2) is 6.89. The maximum Gasteiger partial charge on any atom is 0.303 e. The van der Waals surface area contributed by atoms with Gasteiger partial charge in [0.15, 0.2) is 0 Å². The summed E-state index contributed by atoms with van der Waals surface area (Å²) in [5.41, 5.74) is 0.520. The van der Waals surface area contributed by atoms with E-state index in [2.05, 4.69) is 37.2 Å². The van der Waals surface area contributed by atoms with Gasteiger partial charge in [-0.25, -0.2) is 0 Å². The lowest BCUT2D eigenvalue weighted by Crippen LogP contribution is -2.29. The third kappa shape index (κ3) is 4.78. The Morgan fingerprint density at radius 2 is 2.06 bits per heavy atom. The molecule has 1 unspecified atom stereocenters. The van der Waals surface area contributed by atoms with Crippen molar-refractivity contribution in [2.75, 3.05) is 6.54 Å². The Balaban J connectivity index is 2.60. The number of amides is 1. The van der Waals surface area contributed by atoms with Crippen LogP contribution in [0.4, 0.5) is 0 Å².